The summed E-state index contributed by atoms with van der Waals surface area (Å²) in [5.41, 5.74) is 6.54. The third-order valence-corrected chi connectivity index (χ3v) is 3.44. The number of Topliss-reactive ketones (excluding diaryl/α,β-unsaturated/α-hetero) is 1. The molecule has 0 aliphatic carbocycles. The van der Waals surface area contributed by atoms with E-state index in [1.165, 1.54) is 0 Å². The van der Waals surface area contributed by atoms with Crippen LogP contribution >= 0.6 is 0 Å². The Hall–Kier alpha value is -1.68. The highest BCUT2D eigenvalue weighted by molar-refractivity contribution is 5.89. The van der Waals surface area contributed by atoms with Crippen molar-refractivity contribution in [2.75, 3.05) is 6.54 Å². The number of carbonyl (C=O) groups excluding carboxylic acids is 2. The molecular weight excluding hydrogens is 290 g/mol. The molecule has 128 valence electrons. The van der Waals surface area contributed by atoms with Crippen molar-refractivity contribution in [2.24, 2.45) is 5.73 Å². The minimum Gasteiger partial charge on any atom is -0.456 e. The molecule has 23 heavy (non-hydrogen) atoms. The van der Waals surface area contributed by atoms with E-state index in [-0.39, 0.29) is 5.97 Å². The molecule has 1 aromatic rings. The van der Waals surface area contributed by atoms with E-state index in [1.54, 1.807) is 12.1 Å². The fraction of sp³-hybridized carbons (Fsp3) is 0.579. The number of ether oxygens (including phenoxy) is 1. The van der Waals surface area contributed by atoms with Crippen LogP contribution in [0.2, 0.25) is 0 Å². The molecule has 0 fully saturated rings. The second-order valence-corrected chi connectivity index (χ2v) is 6.84. The summed E-state index contributed by atoms with van der Waals surface area (Å²) in [6.45, 7) is 6.23. The van der Waals surface area contributed by atoms with E-state index in [9.17, 15) is 9.59 Å². The van der Waals surface area contributed by atoms with Gasteiger partial charge in [0.05, 0.1) is 5.56 Å². The van der Waals surface area contributed by atoms with Crippen LogP contribution in [0.25, 0.3) is 0 Å². The fourth-order valence-electron chi connectivity index (χ4n) is 2.20. The zero-order valence-electron chi connectivity index (χ0n) is 14.6. The largest absolute Gasteiger partial charge is 0.456 e. The molecule has 1 aromatic carbocycles. The molecule has 0 saturated heterocycles. The summed E-state index contributed by atoms with van der Waals surface area (Å²) < 4.78 is 5.32. The van der Waals surface area contributed by atoms with Crippen molar-refractivity contribution in [1.82, 2.24) is 0 Å². The van der Waals surface area contributed by atoms with Crippen molar-refractivity contribution >= 4 is 11.8 Å². The predicted molar refractivity (Wildman–Crippen MR) is 92.5 cm³/mol. The topological polar surface area (TPSA) is 69.4 Å². The third-order valence-electron chi connectivity index (χ3n) is 3.44. The number of unbranched alkanes of at least 4 members (excludes halogenated alkanes) is 2. The first-order valence-corrected chi connectivity index (χ1v) is 8.36. The normalized spacial score (nSPS) is 11.3. The lowest BCUT2D eigenvalue weighted by Gasteiger charge is -2.19. The van der Waals surface area contributed by atoms with Gasteiger partial charge in [-0.1, -0.05) is 18.6 Å². The maximum absolute atomic E-state index is 11.9. The van der Waals surface area contributed by atoms with E-state index in [1.807, 2.05) is 32.9 Å². The molecule has 0 unspecified atom stereocenters. The van der Waals surface area contributed by atoms with Crippen molar-refractivity contribution < 1.29 is 14.3 Å². The van der Waals surface area contributed by atoms with E-state index in [0.717, 1.165) is 24.8 Å². The molecule has 0 aromatic heterocycles. The number of aryl methyl sites for hydroxylation is 1. The molecule has 0 bridgehead atoms. The van der Waals surface area contributed by atoms with Crippen LogP contribution in [-0.2, 0) is 16.0 Å². The average Bonchev–Trinajstić information content (AvgIpc) is 2.48. The lowest BCUT2D eigenvalue weighted by molar-refractivity contribution is -0.119. The van der Waals surface area contributed by atoms with Crippen LogP contribution in [0.3, 0.4) is 0 Å². The molecule has 0 heterocycles. The van der Waals surface area contributed by atoms with Crippen LogP contribution in [0.15, 0.2) is 24.3 Å². The summed E-state index contributed by atoms with van der Waals surface area (Å²) in [5.74, 6) is -0.0294. The van der Waals surface area contributed by atoms with E-state index in [2.05, 4.69) is 0 Å². The molecule has 0 radical (unpaired) electrons. The summed E-state index contributed by atoms with van der Waals surface area (Å²) in [4.78, 5) is 23.7. The minimum absolute atomic E-state index is 0.290. The SMILES string of the molecule is CC(C)(C)OC(=O)c1ccc(CCC(=O)CCCCCN)cc1. The summed E-state index contributed by atoms with van der Waals surface area (Å²) in [7, 11) is 0. The molecule has 4 nitrogen and oxygen atoms in total. The Morgan fingerprint density at radius 2 is 1.65 bits per heavy atom. The monoisotopic (exact) mass is 319 g/mol. The first kappa shape index (κ1) is 19.4. The summed E-state index contributed by atoms with van der Waals surface area (Å²) in [5, 5.41) is 0. The Kier molecular flexibility index (Phi) is 7.96. The number of rotatable bonds is 9. The van der Waals surface area contributed by atoms with Gasteiger partial charge < -0.3 is 10.5 Å². The molecule has 1 rings (SSSR count). The highest BCUT2D eigenvalue weighted by Crippen LogP contribution is 2.14. The number of hydrogen-bond donors (Lipinski definition) is 1. The number of carbonyl (C=O) groups is 2. The van der Waals surface area contributed by atoms with E-state index in [0.29, 0.717) is 37.2 Å². The molecule has 2 N–H and O–H groups in total. The van der Waals surface area contributed by atoms with Crippen LogP contribution < -0.4 is 5.73 Å². The standard InChI is InChI=1S/C19H29NO3/c1-19(2,3)23-18(22)16-11-8-15(9-12-16)10-13-17(21)7-5-4-6-14-20/h8-9,11-12H,4-7,10,13-14,20H2,1-3H3. The van der Waals surface area contributed by atoms with Crippen molar-refractivity contribution in [2.45, 2.75) is 64.9 Å². The van der Waals surface area contributed by atoms with Gasteiger partial charge in [-0.3, -0.25) is 4.79 Å². The van der Waals surface area contributed by atoms with E-state index in [4.69, 9.17) is 10.5 Å². The lowest BCUT2D eigenvalue weighted by Crippen LogP contribution is -2.23. The number of hydrogen-bond acceptors (Lipinski definition) is 4. The van der Waals surface area contributed by atoms with Gasteiger partial charge in [0.2, 0.25) is 0 Å². The maximum atomic E-state index is 11.9. The van der Waals surface area contributed by atoms with E-state index >= 15 is 0 Å². The van der Waals surface area contributed by atoms with Crippen molar-refractivity contribution in [1.29, 1.82) is 0 Å². The highest BCUT2D eigenvalue weighted by Gasteiger charge is 2.17. The van der Waals surface area contributed by atoms with Crippen LogP contribution in [0.1, 0.15) is 68.8 Å². The number of ketones is 1. The van der Waals surface area contributed by atoms with Crippen LogP contribution in [0.4, 0.5) is 0 Å². The van der Waals surface area contributed by atoms with Gasteiger partial charge in [-0.05, 0) is 64.3 Å². The summed E-state index contributed by atoms with van der Waals surface area (Å²) in [6, 6.07) is 7.30. The van der Waals surface area contributed by atoms with Crippen molar-refractivity contribution in [3.05, 3.63) is 35.4 Å². The Labute approximate surface area is 139 Å². The van der Waals surface area contributed by atoms with Crippen molar-refractivity contribution in [3.63, 3.8) is 0 Å². The number of benzene rings is 1. The second kappa shape index (κ2) is 9.46. The summed E-state index contributed by atoms with van der Waals surface area (Å²) in [6.07, 6.45) is 4.83. The van der Waals surface area contributed by atoms with Gasteiger partial charge >= 0.3 is 5.97 Å². The Morgan fingerprint density at radius 1 is 1.00 bits per heavy atom. The van der Waals surface area contributed by atoms with Crippen LogP contribution in [0.5, 0.6) is 0 Å². The number of nitrogens with two attached hydrogens (primary N) is 1. The second-order valence-electron chi connectivity index (χ2n) is 6.84. The molecule has 0 aliphatic rings. The molecule has 0 aliphatic heterocycles. The van der Waals surface area contributed by atoms with Crippen molar-refractivity contribution in [3.8, 4) is 0 Å². The van der Waals surface area contributed by atoms with Gasteiger partial charge in [-0.25, -0.2) is 4.79 Å². The predicted octanol–water partition coefficient (Wildman–Crippen LogP) is 3.66. The van der Waals surface area contributed by atoms with Crippen LogP contribution in [-0.4, -0.2) is 23.9 Å². The molecule has 0 spiro atoms. The zero-order chi connectivity index (χ0) is 17.3. The Balaban J connectivity index is 2.39. The molecule has 0 atom stereocenters. The number of esters is 1. The van der Waals surface area contributed by atoms with Gasteiger partial charge in [-0.15, -0.1) is 0 Å². The van der Waals surface area contributed by atoms with Gasteiger partial charge in [0.25, 0.3) is 0 Å². The summed E-state index contributed by atoms with van der Waals surface area (Å²) >= 11 is 0. The molecular formula is C19H29NO3. The average molecular weight is 319 g/mol. The first-order valence-electron chi connectivity index (χ1n) is 8.36. The Morgan fingerprint density at radius 3 is 2.22 bits per heavy atom. The minimum atomic E-state index is -0.494. The zero-order valence-corrected chi connectivity index (χ0v) is 14.6. The maximum Gasteiger partial charge on any atom is 0.338 e. The molecule has 4 heteroatoms. The third kappa shape index (κ3) is 8.50. The first-order chi connectivity index (χ1) is 10.8. The smallest absolute Gasteiger partial charge is 0.338 e. The van der Waals surface area contributed by atoms with Gasteiger partial charge in [0.1, 0.15) is 11.4 Å². The van der Waals surface area contributed by atoms with Gasteiger partial charge in [-0.2, -0.15) is 0 Å². The van der Waals surface area contributed by atoms with E-state index < -0.39 is 5.60 Å². The Bertz CT molecular complexity index is 500. The molecule has 0 saturated carbocycles. The quantitative estimate of drug-likeness (QED) is 0.557. The van der Waals surface area contributed by atoms with Gasteiger partial charge in [0, 0.05) is 12.8 Å². The fourth-order valence-corrected chi connectivity index (χ4v) is 2.20. The van der Waals surface area contributed by atoms with Crippen LogP contribution in [0, 0.1) is 0 Å². The van der Waals surface area contributed by atoms with Gasteiger partial charge in [0.15, 0.2) is 0 Å². The molecule has 0 amide bonds. The lowest BCUT2D eigenvalue weighted by atomic mass is 10.0. The highest BCUT2D eigenvalue weighted by atomic mass is 16.6.